The Morgan fingerprint density at radius 1 is 1.03 bits per heavy atom. The highest BCUT2D eigenvalue weighted by Crippen LogP contribution is 2.24. The number of benzene rings is 2. The molecule has 2 aromatic rings. The number of rotatable bonds is 12. The SMILES string of the molecule is CCNC(=O)[C@@H](C)N(CCc1ccccc1)C(=O)CCCN(c1cc(C)ccc1C)S(C)(=O)=O. The van der Waals surface area contributed by atoms with Gasteiger partial charge < -0.3 is 10.2 Å². The molecule has 0 aliphatic carbocycles. The second-order valence-corrected chi connectivity index (χ2v) is 10.5. The number of anilines is 1. The van der Waals surface area contributed by atoms with E-state index in [1.165, 1.54) is 10.6 Å². The minimum Gasteiger partial charge on any atom is -0.355 e. The zero-order valence-electron chi connectivity index (χ0n) is 20.9. The third-order valence-corrected chi connectivity index (χ3v) is 6.97. The summed E-state index contributed by atoms with van der Waals surface area (Å²) in [6.45, 7) is 8.45. The summed E-state index contributed by atoms with van der Waals surface area (Å²) in [6, 6.07) is 14.9. The average molecular weight is 488 g/mol. The van der Waals surface area contributed by atoms with Gasteiger partial charge in [-0.2, -0.15) is 0 Å². The molecule has 186 valence electrons. The third-order valence-electron chi connectivity index (χ3n) is 5.79. The van der Waals surface area contributed by atoms with Crippen molar-refractivity contribution in [2.75, 3.05) is 30.2 Å². The lowest BCUT2D eigenvalue weighted by Crippen LogP contribution is -2.48. The van der Waals surface area contributed by atoms with E-state index in [1.807, 2.05) is 69.3 Å². The van der Waals surface area contributed by atoms with E-state index in [0.29, 0.717) is 31.6 Å². The predicted octanol–water partition coefficient (Wildman–Crippen LogP) is 3.45. The molecule has 0 saturated heterocycles. The van der Waals surface area contributed by atoms with Gasteiger partial charge in [0.05, 0.1) is 11.9 Å². The van der Waals surface area contributed by atoms with Gasteiger partial charge in [-0.3, -0.25) is 13.9 Å². The topological polar surface area (TPSA) is 86.8 Å². The van der Waals surface area contributed by atoms with Crippen molar-refractivity contribution in [3.63, 3.8) is 0 Å². The number of nitrogens with one attached hydrogen (secondary N) is 1. The van der Waals surface area contributed by atoms with Gasteiger partial charge in [0.25, 0.3) is 0 Å². The number of hydrogen-bond acceptors (Lipinski definition) is 4. The number of sulfonamides is 1. The van der Waals surface area contributed by atoms with Crippen LogP contribution in [0.2, 0.25) is 0 Å². The van der Waals surface area contributed by atoms with Crippen LogP contribution >= 0.6 is 0 Å². The van der Waals surface area contributed by atoms with Crippen LogP contribution in [-0.2, 0) is 26.0 Å². The number of carbonyl (C=O) groups is 2. The van der Waals surface area contributed by atoms with Crippen LogP contribution in [0.1, 0.15) is 43.4 Å². The Bertz CT molecular complexity index is 1070. The van der Waals surface area contributed by atoms with Crippen LogP contribution in [0.25, 0.3) is 0 Å². The number of carbonyl (C=O) groups excluding carboxylic acids is 2. The van der Waals surface area contributed by atoms with Gasteiger partial charge in [-0.1, -0.05) is 42.5 Å². The second-order valence-electron chi connectivity index (χ2n) is 8.62. The van der Waals surface area contributed by atoms with E-state index >= 15 is 0 Å². The van der Waals surface area contributed by atoms with Crippen molar-refractivity contribution >= 4 is 27.5 Å². The summed E-state index contributed by atoms with van der Waals surface area (Å²) in [5, 5.41) is 2.79. The van der Waals surface area contributed by atoms with E-state index in [2.05, 4.69) is 5.32 Å². The molecule has 2 amide bonds. The van der Waals surface area contributed by atoms with Gasteiger partial charge in [-0.15, -0.1) is 0 Å². The highest BCUT2D eigenvalue weighted by molar-refractivity contribution is 7.92. The van der Waals surface area contributed by atoms with E-state index in [4.69, 9.17) is 0 Å². The first-order chi connectivity index (χ1) is 16.0. The summed E-state index contributed by atoms with van der Waals surface area (Å²) in [5.74, 6) is -0.360. The maximum atomic E-state index is 13.2. The molecular weight excluding hydrogens is 450 g/mol. The van der Waals surface area contributed by atoms with Crippen molar-refractivity contribution in [2.45, 2.75) is 53.0 Å². The lowest BCUT2D eigenvalue weighted by atomic mass is 10.1. The van der Waals surface area contributed by atoms with Crippen molar-refractivity contribution in [2.24, 2.45) is 0 Å². The minimum absolute atomic E-state index is 0.148. The Labute approximate surface area is 204 Å². The van der Waals surface area contributed by atoms with Crippen LogP contribution in [0.4, 0.5) is 5.69 Å². The first-order valence-corrected chi connectivity index (χ1v) is 13.6. The molecule has 0 aromatic heterocycles. The fourth-order valence-electron chi connectivity index (χ4n) is 3.86. The molecule has 0 bridgehead atoms. The molecule has 0 aliphatic heterocycles. The van der Waals surface area contributed by atoms with Gasteiger partial charge in [0, 0.05) is 26.1 Å². The number of aryl methyl sites for hydroxylation is 2. The van der Waals surface area contributed by atoms with Crippen LogP contribution in [0.5, 0.6) is 0 Å². The zero-order valence-corrected chi connectivity index (χ0v) is 21.7. The zero-order chi connectivity index (χ0) is 25.3. The van der Waals surface area contributed by atoms with E-state index < -0.39 is 16.1 Å². The molecule has 1 atom stereocenters. The van der Waals surface area contributed by atoms with E-state index in [1.54, 1.807) is 11.8 Å². The van der Waals surface area contributed by atoms with Crippen molar-refractivity contribution in [3.05, 3.63) is 65.2 Å². The first-order valence-electron chi connectivity index (χ1n) is 11.7. The summed E-state index contributed by atoms with van der Waals surface area (Å²) in [5.41, 5.74) is 3.54. The molecule has 0 saturated carbocycles. The molecule has 1 N–H and O–H groups in total. The van der Waals surface area contributed by atoms with Crippen LogP contribution in [-0.4, -0.2) is 57.1 Å². The van der Waals surface area contributed by atoms with E-state index in [-0.39, 0.29) is 24.8 Å². The molecule has 2 aromatic carbocycles. The molecule has 2 rings (SSSR count). The number of hydrogen-bond donors (Lipinski definition) is 1. The van der Waals surface area contributed by atoms with Gasteiger partial charge in [0.15, 0.2) is 0 Å². The van der Waals surface area contributed by atoms with Crippen LogP contribution < -0.4 is 9.62 Å². The van der Waals surface area contributed by atoms with Crippen LogP contribution in [0.15, 0.2) is 48.5 Å². The highest BCUT2D eigenvalue weighted by Gasteiger charge is 2.26. The van der Waals surface area contributed by atoms with Crippen molar-refractivity contribution in [1.29, 1.82) is 0 Å². The molecule has 8 heteroatoms. The fourth-order valence-corrected chi connectivity index (χ4v) is 4.88. The Kier molecular flexibility index (Phi) is 10.1. The average Bonchev–Trinajstić information content (AvgIpc) is 2.78. The summed E-state index contributed by atoms with van der Waals surface area (Å²) >= 11 is 0. The quantitative estimate of drug-likeness (QED) is 0.497. The van der Waals surface area contributed by atoms with Gasteiger partial charge in [-0.25, -0.2) is 8.42 Å². The summed E-state index contributed by atoms with van der Waals surface area (Å²) in [4.78, 5) is 27.3. The number of likely N-dealkylation sites (N-methyl/N-ethyl adjacent to an activating group) is 1. The summed E-state index contributed by atoms with van der Waals surface area (Å²) in [6.07, 6.45) is 2.31. The largest absolute Gasteiger partial charge is 0.355 e. The van der Waals surface area contributed by atoms with E-state index in [9.17, 15) is 18.0 Å². The smallest absolute Gasteiger partial charge is 0.242 e. The minimum atomic E-state index is -3.51. The second kappa shape index (κ2) is 12.6. The molecule has 0 spiro atoms. The van der Waals surface area contributed by atoms with Crippen molar-refractivity contribution < 1.29 is 18.0 Å². The Morgan fingerprint density at radius 2 is 1.71 bits per heavy atom. The molecule has 34 heavy (non-hydrogen) atoms. The molecule has 0 heterocycles. The van der Waals surface area contributed by atoms with Gasteiger partial charge in [0.2, 0.25) is 21.8 Å². The summed E-state index contributed by atoms with van der Waals surface area (Å²) in [7, 11) is -3.51. The third kappa shape index (κ3) is 7.87. The van der Waals surface area contributed by atoms with Gasteiger partial charge in [-0.05, 0) is 63.3 Å². The standard InChI is InChI=1S/C26H37N3O4S/c1-6-27-26(31)22(4)28(18-16-23-11-8-7-9-12-23)25(30)13-10-17-29(34(5,32)33)24-19-20(2)14-15-21(24)3/h7-9,11-12,14-15,19,22H,6,10,13,16-18H2,1-5H3,(H,27,31)/t22-/m1/s1. The highest BCUT2D eigenvalue weighted by atomic mass is 32.2. The Morgan fingerprint density at radius 3 is 2.32 bits per heavy atom. The molecule has 0 fully saturated rings. The molecule has 7 nitrogen and oxygen atoms in total. The lowest BCUT2D eigenvalue weighted by molar-refractivity contribution is -0.139. The predicted molar refractivity (Wildman–Crippen MR) is 137 cm³/mol. The van der Waals surface area contributed by atoms with Crippen LogP contribution in [0.3, 0.4) is 0 Å². The maximum Gasteiger partial charge on any atom is 0.242 e. The number of nitrogens with zero attached hydrogens (tertiary/aromatic N) is 2. The van der Waals surface area contributed by atoms with Crippen molar-refractivity contribution in [1.82, 2.24) is 10.2 Å². The lowest BCUT2D eigenvalue weighted by Gasteiger charge is -2.29. The maximum absolute atomic E-state index is 13.2. The normalized spacial score (nSPS) is 12.1. The molecule has 0 aliphatic rings. The molecule has 0 radical (unpaired) electrons. The van der Waals surface area contributed by atoms with Crippen molar-refractivity contribution in [3.8, 4) is 0 Å². The van der Waals surface area contributed by atoms with Gasteiger partial charge >= 0.3 is 0 Å². The fraction of sp³-hybridized carbons (Fsp3) is 0.462. The summed E-state index contributed by atoms with van der Waals surface area (Å²) < 4.78 is 26.4. The number of amides is 2. The molecular formula is C26H37N3O4S. The van der Waals surface area contributed by atoms with E-state index in [0.717, 1.165) is 16.7 Å². The monoisotopic (exact) mass is 487 g/mol. The Balaban J connectivity index is 2.12. The molecule has 0 unspecified atom stereocenters. The van der Waals surface area contributed by atoms with Crippen LogP contribution in [0, 0.1) is 13.8 Å². The first kappa shape index (κ1) is 27.4. The Hall–Kier alpha value is -2.87. The van der Waals surface area contributed by atoms with Gasteiger partial charge in [0.1, 0.15) is 6.04 Å².